The number of fused-ring (bicyclic) bond motifs is 1. The molecule has 0 bridgehead atoms. The van der Waals surface area contributed by atoms with E-state index >= 15 is 0 Å². The van der Waals surface area contributed by atoms with Gasteiger partial charge in [-0.3, -0.25) is 10.1 Å². The Hall–Kier alpha value is -1.88. The number of primary amides is 1. The number of nitrogens with one attached hydrogen (secondary N) is 1. The van der Waals surface area contributed by atoms with Crippen LogP contribution in [0.3, 0.4) is 0 Å². The van der Waals surface area contributed by atoms with Crippen molar-refractivity contribution in [3.63, 3.8) is 0 Å². The van der Waals surface area contributed by atoms with Gasteiger partial charge in [-0.25, -0.2) is 4.98 Å². The molecule has 1 unspecified atom stereocenters. The zero-order valence-electron chi connectivity index (χ0n) is 12.6. The molecular weight excluding hydrogens is 264 g/mol. The number of benzene rings is 1. The molecule has 3 N–H and O–H groups in total. The summed E-state index contributed by atoms with van der Waals surface area (Å²) in [5.74, 6) is 0.676. The van der Waals surface area contributed by atoms with E-state index in [1.807, 2.05) is 31.2 Å². The molecule has 1 fully saturated rings. The highest BCUT2D eigenvalue weighted by Gasteiger charge is 2.38. The van der Waals surface area contributed by atoms with Crippen LogP contribution in [0.2, 0.25) is 0 Å². The van der Waals surface area contributed by atoms with Gasteiger partial charge in [0.1, 0.15) is 11.4 Å². The third-order valence-corrected chi connectivity index (χ3v) is 4.17. The largest absolute Gasteiger partial charge is 0.368 e. The molecule has 0 spiro atoms. The second-order valence-corrected chi connectivity index (χ2v) is 6.07. The van der Waals surface area contributed by atoms with Crippen LogP contribution in [0, 0.1) is 0 Å². The monoisotopic (exact) mass is 286 g/mol. The van der Waals surface area contributed by atoms with Crippen molar-refractivity contribution in [2.75, 3.05) is 0 Å². The predicted octanol–water partition coefficient (Wildman–Crippen LogP) is 1.59. The second kappa shape index (κ2) is 5.15. The Morgan fingerprint density at radius 3 is 2.81 bits per heavy atom. The Bertz CT molecular complexity index is 674. The molecule has 1 aliphatic rings. The van der Waals surface area contributed by atoms with Crippen LogP contribution in [-0.4, -0.2) is 27.0 Å². The highest BCUT2D eigenvalue weighted by Crippen LogP contribution is 2.25. The van der Waals surface area contributed by atoms with E-state index in [1.165, 1.54) is 0 Å². The van der Waals surface area contributed by atoms with Gasteiger partial charge in [0.2, 0.25) is 5.91 Å². The topological polar surface area (TPSA) is 72.9 Å². The van der Waals surface area contributed by atoms with Crippen LogP contribution in [0.5, 0.6) is 0 Å². The average Bonchev–Trinajstić information content (AvgIpc) is 3.20. The van der Waals surface area contributed by atoms with Crippen molar-refractivity contribution in [1.29, 1.82) is 0 Å². The minimum absolute atomic E-state index is 0.311. The summed E-state index contributed by atoms with van der Waals surface area (Å²) in [6.45, 7) is 4.48. The maximum absolute atomic E-state index is 12.0. The first-order valence-corrected chi connectivity index (χ1v) is 7.55. The van der Waals surface area contributed by atoms with E-state index < -0.39 is 5.54 Å². The minimum Gasteiger partial charge on any atom is -0.368 e. The zero-order valence-corrected chi connectivity index (χ0v) is 12.6. The number of carbonyl (C=O) groups is 1. The van der Waals surface area contributed by atoms with Gasteiger partial charge in [-0.15, -0.1) is 0 Å². The summed E-state index contributed by atoms with van der Waals surface area (Å²) in [5, 5.41) is 3.40. The normalized spacial score (nSPS) is 17.8. The quantitative estimate of drug-likeness (QED) is 0.847. The summed E-state index contributed by atoms with van der Waals surface area (Å²) >= 11 is 0. The van der Waals surface area contributed by atoms with E-state index in [9.17, 15) is 4.79 Å². The van der Waals surface area contributed by atoms with E-state index in [2.05, 4.69) is 21.8 Å². The van der Waals surface area contributed by atoms with Gasteiger partial charge in [0.05, 0.1) is 17.6 Å². The number of para-hydroxylation sites is 2. The van der Waals surface area contributed by atoms with Gasteiger partial charge >= 0.3 is 0 Å². The second-order valence-electron chi connectivity index (χ2n) is 6.07. The molecule has 0 radical (unpaired) electrons. The smallest absolute Gasteiger partial charge is 0.239 e. The fraction of sp³-hybridized carbons (Fsp3) is 0.500. The first-order valence-electron chi connectivity index (χ1n) is 7.55. The Morgan fingerprint density at radius 1 is 1.48 bits per heavy atom. The standard InChI is InChI=1S/C16H22N4O/c1-3-14-18-12-6-4-5-7-13(12)20(14)10-16(2,15(17)21)19-11-8-9-11/h4-7,11,19H,3,8-10H2,1-2H3,(H2,17,21). The molecule has 1 amide bonds. The summed E-state index contributed by atoms with van der Waals surface area (Å²) in [5.41, 5.74) is 6.94. The molecule has 5 heteroatoms. The molecule has 21 heavy (non-hydrogen) atoms. The van der Waals surface area contributed by atoms with Gasteiger partial charge in [0, 0.05) is 12.5 Å². The molecule has 2 aromatic rings. The lowest BCUT2D eigenvalue weighted by atomic mass is 10.0. The fourth-order valence-electron chi connectivity index (χ4n) is 2.76. The van der Waals surface area contributed by atoms with Crippen molar-refractivity contribution in [3.8, 4) is 0 Å². The molecular formula is C16H22N4O. The van der Waals surface area contributed by atoms with E-state index in [4.69, 9.17) is 5.73 Å². The molecule has 1 aromatic heterocycles. The van der Waals surface area contributed by atoms with Gasteiger partial charge in [-0.1, -0.05) is 19.1 Å². The molecule has 112 valence electrons. The van der Waals surface area contributed by atoms with Crippen LogP contribution in [0.15, 0.2) is 24.3 Å². The first kappa shape index (κ1) is 14.1. The third-order valence-electron chi connectivity index (χ3n) is 4.17. The number of aryl methyl sites for hydroxylation is 1. The van der Waals surface area contributed by atoms with E-state index in [0.717, 1.165) is 36.1 Å². The van der Waals surface area contributed by atoms with Crippen LogP contribution in [-0.2, 0) is 17.8 Å². The number of aromatic nitrogens is 2. The van der Waals surface area contributed by atoms with Crippen LogP contribution in [0.25, 0.3) is 11.0 Å². The van der Waals surface area contributed by atoms with Gasteiger partial charge < -0.3 is 10.3 Å². The number of hydrogen-bond acceptors (Lipinski definition) is 3. The van der Waals surface area contributed by atoms with Crippen molar-refractivity contribution >= 4 is 16.9 Å². The predicted molar refractivity (Wildman–Crippen MR) is 82.9 cm³/mol. The third kappa shape index (κ3) is 2.65. The van der Waals surface area contributed by atoms with Crippen LogP contribution >= 0.6 is 0 Å². The van der Waals surface area contributed by atoms with Gasteiger partial charge in [0.25, 0.3) is 0 Å². The van der Waals surface area contributed by atoms with E-state index in [0.29, 0.717) is 12.6 Å². The molecule has 0 aliphatic heterocycles. The van der Waals surface area contributed by atoms with E-state index in [1.54, 1.807) is 0 Å². The van der Waals surface area contributed by atoms with Crippen molar-refractivity contribution < 1.29 is 4.79 Å². The molecule has 5 nitrogen and oxygen atoms in total. The SMILES string of the molecule is CCc1nc2ccccc2n1CC(C)(NC1CC1)C(N)=O. The summed E-state index contributed by atoms with van der Waals surface area (Å²) < 4.78 is 2.12. The van der Waals surface area contributed by atoms with Gasteiger partial charge in [-0.2, -0.15) is 0 Å². The number of rotatable bonds is 6. The summed E-state index contributed by atoms with van der Waals surface area (Å²) in [7, 11) is 0. The molecule has 1 saturated carbocycles. The molecule has 0 saturated heterocycles. The van der Waals surface area contributed by atoms with Crippen molar-refractivity contribution in [1.82, 2.24) is 14.9 Å². The first-order chi connectivity index (χ1) is 10.0. The van der Waals surface area contributed by atoms with Gasteiger partial charge in [-0.05, 0) is 31.9 Å². The highest BCUT2D eigenvalue weighted by atomic mass is 16.1. The number of nitrogens with two attached hydrogens (primary N) is 1. The van der Waals surface area contributed by atoms with Crippen LogP contribution in [0.1, 0.15) is 32.5 Å². The lowest BCUT2D eigenvalue weighted by molar-refractivity contribution is -0.124. The lowest BCUT2D eigenvalue weighted by Gasteiger charge is -2.29. The Morgan fingerprint density at radius 2 is 2.19 bits per heavy atom. The molecule has 1 aliphatic carbocycles. The maximum atomic E-state index is 12.0. The van der Waals surface area contributed by atoms with Crippen LogP contribution < -0.4 is 11.1 Å². The Kier molecular flexibility index (Phi) is 3.45. The zero-order chi connectivity index (χ0) is 15.0. The Balaban J connectivity index is 2.00. The van der Waals surface area contributed by atoms with E-state index in [-0.39, 0.29) is 5.91 Å². The number of nitrogens with zero attached hydrogens (tertiary/aromatic N) is 2. The molecule has 1 atom stereocenters. The summed E-state index contributed by atoms with van der Waals surface area (Å²) in [4.78, 5) is 16.6. The number of imidazole rings is 1. The average molecular weight is 286 g/mol. The molecule has 1 aromatic carbocycles. The maximum Gasteiger partial charge on any atom is 0.239 e. The number of carbonyl (C=O) groups excluding carboxylic acids is 1. The summed E-state index contributed by atoms with van der Waals surface area (Å²) in [6, 6.07) is 8.44. The molecule has 1 heterocycles. The number of hydrogen-bond donors (Lipinski definition) is 2. The summed E-state index contributed by atoms with van der Waals surface area (Å²) in [6.07, 6.45) is 3.06. The Labute approximate surface area is 124 Å². The van der Waals surface area contributed by atoms with Gasteiger partial charge in [0.15, 0.2) is 0 Å². The highest BCUT2D eigenvalue weighted by molar-refractivity contribution is 5.84. The molecule has 3 rings (SSSR count). The van der Waals surface area contributed by atoms with Crippen LogP contribution in [0.4, 0.5) is 0 Å². The fourth-order valence-corrected chi connectivity index (χ4v) is 2.76. The van der Waals surface area contributed by atoms with Crippen molar-refractivity contribution in [2.24, 2.45) is 5.73 Å². The number of amides is 1. The van der Waals surface area contributed by atoms with Crippen molar-refractivity contribution in [2.45, 2.75) is 51.2 Å². The minimum atomic E-state index is -0.742. The van der Waals surface area contributed by atoms with Crippen molar-refractivity contribution in [3.05, 3.63) is 30.1 Å². The lowest BCUT2D eigenvalue weighted by Crippen LogP contribution is -2.56.